The van der Waals surface area contributed by atoms with Crippen molar-refractivity contribution in [3.8, 4) is 0 Å². The van der Waals surface area contributed by atoms with Crippen molar-refractivity contribution in [1.82, 2.24) is 10.3 Å². The number of halogens is 1. The van der Waals surface area contributed by atoms with E-state index in [0.717, 1.165) is 12.3 Å². The molecule has 1 amide bonds. The van der Waals surface area contributed by atoms with E-state index in [0.29, 0.717) is 13.0 Å². The third-order valence-corrected chi connectivity index (χ3v) is 3.87. The molecule has 1 fully saturated rings. The lowest BCUT2D eigenvalue weighted by Gasteiger charge is -2.28. The maximum absolute atomic E-state index is 12.2. The number of carbonyl (C=O) groups excluding carboxylic acids is 1. The molecule has 0 bridgehead atoms. The molecule has 2 unspecified atom stereocenters. The number of amides is 1. The zero-order valence-electron chi connectivity index (χ0n) is 11.1. The van der Waals surface area contributed by atoms with Crippen LogP contribution in [0, 0.1) is 10.1 Å². The van der Waals surface area contributed by atoms with Crippen molar-refractivity contribution in [3.63, 3.8) is 0 Å². The first-order valence-corrected chi connectivity index (χ1v) is 6.45. The number of hydrogen-bond acceptors (Lipinski definition) is 5. The highest BCUT2D eigenvalue weighted by Crippen LogP contribution is 2.26. The van der Waals surface area contributed by atoms with E-state index in [2.05, 4.69) is 10.3 Å². The summed E-state index contributed by atoms with van der Waals surface area (Å²) in [5.41, 5.74) is -0.813. The third kappa shape index (κ3) is 2.73. The molecule has 0 radical (unpaired) electrons. The Morgan fingerprint density at radius 3 is 2.95 bits per heavy atom. The number of ether oxygens (including phenoxy) is 1. The van der Waals surface area contributed by atoms with E-state index >= 15 is 0 Å². The predicted octanol–water partition coefficient (Wildman–Crippen LogP) is 1.94. The van der Waals surface area contributed by atoms with Crippen LogP contribution in [0.15, 0.2) is 12.3 Å². The molecule has 7 nitrogen and oxygen atoms in total. The van der Waals surface area contributed by atoms with E-state index in [1.807, 2.05) is 13.8 Å². The molecule has 2 heterocycles. The molecule has 8 heteroatoms. The van der Waals surface area contributed by atoms with Crippen LogP contribution in [-0.2, 0) is 4.74 Å². The Labute approximate surface area is 120 Å². The quantitative estimate of drug-likeness (QED) is 0.523. The van der Waals surface area contributed by atoms with Gasteiger partial charge in [0.15, 0.2) is 0 Å². The van der Waals surface area contributed by atoms with Crippen LogP contribution in [-0.4, -0.2) is 34.1 Å². The molecule has 1 aliphatic rings. The Balaban J connectivity index is 2.25. The molecule has 2 atom stereocenters. The Hall–Kier alpha value is -1.73. The van der Waals surface area contributed by atoms with Crippen LogP contribution < -0.4 is 5.32 Å². The maximum Gasteiger partial charge on any atom is 0.288 e. The number of nitro groups is 1. The van der Waals surface area contributed by atoms with Crippen LogP contribution in [0.25, 0.3) is 0 Å². The van der Waals surface area contributed by atoms with E-state index in [1.165, 1.54) is 0 Å². The molecule has 0 saturated carbocycles. The Morgan fingerprint density at radius 1 is 1.70 bits per heavy atom. The number of rotatable bonds is 3. The second-order valence-electron chi connectivity index (χ2n) is 4.92. The summed E-state index contributed by atoms with van der Waals surface area (Å²) >= 11 is 5.84. The van der Waals surface area contributed by atoms with Crippen LogP contribution in [0.5, 0.6) is 0 Å². The van der Waals surface area contributed by atoms with Gasteiger partial charge in [0.25, 0.3) is 11.6 Å². The lowest BCUT2D eigenvalue weighted by Crippen LogP contribution is -2.50. The van der Waals surface area contributed by atoms with Crippen molar-refractivity contribution < 1.29 is 14.5 Å². The summed E-state index contributed by atoms with van der Waals surface area (Å²) in [7, 11) is 0. The summed E-state index contributed by atoms with van der Waals surface area (Å²) < 4.78 is 5.43. The summed E-state index contributed by atoms with van der Waals surface area (Å²) in [5, 5.41) is 13.5. The lowest BCUT2D eigenvalue weighted by molar-refractivity contribution is -0.385. The topological polar surface area (TPSA) is 94.4 Å². The van der Waals surface area contributed by atoms with Crippen LogP contribution in [0.1, 0.15) is 30.6 Å². The van der Waals surface area contributed by atoms with Gasteiger partial charge in [-0.2, -0.15) is 0 Å². The maximum atomic E-state index is 12.2. The van der Waals surface area contributed by atoms with Crippen molar-refractivity contribution >= 4 is 23.2 Å². The first kappa shape index (κ1) is 14.7. The normalized spacial score (nSPS) is 25.4. The monoisotopic (exact) mass is 299 g/mol. The predicted molar refractivity (Wildman–Crippen MR) is 71.8 cm³/mol. The SMILES string of the molecule is CC1OCCC1(C)NC(=O)c1cc([N+](=O)[O-])cnc1Cl. The fraction of sp³-hybridized carbons (Fsp3) is 0.500. The van der Waals surface area contributed by atoms with Gasteiger partial charge in [0.05, 0.1) is 22.1 Å². The zero-order chi connectivity index (χ0) is 14.9. The third-order valence-electron chi connectivity index (χ3n) is 3.57. The molecule has 1 aliphatic heterocycles. The van der Waals surface area contributed by atoms with Crippen molar-refractivity contribution in [3.05, 3.63) is 33.1 Å². The molecule has 1 aromatic heterocycles. The number of pyridine rings is 1. The molecule has 108 valence electrons. The standard InChI is InChI=1S/C12H14ClN3O4/c1-7-12(2,3-4-20-7)15-11(17)9-5-8(16(18)19)6-14-10(9)13/h5-7H,3-4H2,1-2H3,(H,15,17). The highest BCUT2D eigenvalue weighted by Gasteiger charge is 2.38. The van der Waals surface area contributed by atoms with Crippen LogP contribution in [0.4, 0.5) is 5.69 Å². The molecule has 0 spiro atoms. The average molecular weight is 300 g/mol. The first-order valence-electron chi connectivity index (χ1n) is 6.07. The van der Waals surface area contributed by atoms with E-state index in [-0.39, 0.29) is 22.5 Å². The van der Waals surface area contributed by atoms with Crippen LogP contribution >= 0.6 is 11.6 Å². The number of aromatic nitrogens is 1. The van der Waals surface area contributed by atoms with E-state index in [4.69, 9.17) is 16.3 Å². The summed E-state index contributed by atoms with van der Waals surface area (Å²) in [4.78, 5) is 26.0. The van der Waals surface area contributed by atoms with Gasteiger partial charge in [-0.1, -0.05) is 11.6 Å². The van der Waals surface area contributed by atoms with E-state index < -0.39 is 16.4 Å². The molecule has 1 saturated heterocycles. The minimum absolute atomic E-state index is 0.0128. The van der Waals surface area contributed by atoms with E-state index in [1.54, 1.807) is 0 Å². The van der Waals surface area contributed by atoms with Gasteiger partial charge in [-0.15, -0.1) is 0 Å². The van der Waals surface area contributed by atoms with Gasteiger partial charge in [-0.05, 0) is 20.3 Å². The summed E-state index contributed by atoms with van der Waals surface area (Å²) in [6, 6.07) is 1.12. The minimum Gasteiger partial charge on any atom is -0.376 e. The summed E-state index contributed by atoms with van der Waals surface area (Å²) in [6.07, 6.45) is 1.54. The molecule has 1 aromatic rings. The number of carbonyl (C=O) groups is 1. The number of nitrogens with one attached hydrogen (secondary N) is 1. The molecule has 0 aliphatic carbocycles. The van der Waals surface area contributed by atoms with Crippen molar-refractivity contribution in [2.24, 2.45) is 0 Å². The Kier molecular flexibility index (Phi) is 3.92. The summed E-state index contributed by atoms with van der Waals surface area (Å²) in [6.45, 7) is 4.28. The lowest BCUT2D eigenvalue weighted by atomic mass is 9.94. The van der Waals surface area contributed by atoms with Gasteiger partial charge < -0.3 is 10.1 Å². The Morgan fingerprint density at radius 2 is 2.40 bits per heavy atom. The fourth-order valence-corrected chi connectivity index (χ4v) is 2.21. The average Bonchev–Trinajstić information content (AvgIpc) is 2.69. The van der Waals surface area contributed by atoms with Crippen LogP contribution in [0.3, 0.4) is 0 Å². The molecular weight excluding hydrogens is 286 g/mol. The van der Waals surface area contributed by atoms with Gasteiger partial charge in [-0.3, -0.25) is 14.9 Å². The Bertz CT molecular complexity index is 566. The molecule has 0 aromatic carbocycles. The van der Waals surface area contributed by atoms with E-state index in [9.17, 15) is 14.9 Å². The van der Waals surface area contributed by atoms with Crippen molar-refractivity contribution in [2.75, 3.05) is 6.61 Å². The highest BCUT2D eigenvalue weighted by atomic mass is 35.5. The zero-order valence-corrected chi connectivity index (χ0v) is 11.8. The first-order chi connectivity index (χ1) is 9.33. The molecule has 20 heavy (non-hydrogen) atoms. The fourth-order valence-electron chi connectivity index (χ4n) is 2.02. The number of nitrogens with zero attached hydrogens (tertiary/aromatic N) is 2. The van der Waals surface area contributed by atoms with Gasteiger partial charge >= 0.3 is 0 Å². The molecule has 2 rings (SSSR count). The van der Waals surface area contributed by atoms with Gasteiger partial charge in [0, 0.05) is 12.7 Å². The van der Waals surface area contributed by atoms with Gasteiger partial charge in [0.2, 0.25) is 0 Å². The molecular formula is C12H14ClN3O4. The highest BCUT2D eigenvalue weighted by molar-refractivity contribution is 6.32. The van der Waals surface area contributed by atoms with Crippen molar-refractivity contribution in [1.29, 1.82) is 0 Å². The second-order valence-corrected chi connectivity index (χ2v) is 5.28. The second kappa shape index (κ2) is 5.34. The van der Waals surface area contributed by atoms with Crippen LogP contribution in [0.2, 0.25) is 5.15 Å². The molecule has 1 N–H and O–H groups in total. The number of hydrogen-bond donors (Lipinski definition) is 1. The van der Waals surface area contributed by atoms with Crippen molar-refractivity contribution in [2.45, 2.75) is 31.9 Å². The summed E-state index contributed by atoms with van der Waals surface area (Å²) in [5.74, 6) is -0.494. The largest absolute Gasteiger partial charge is 0.376 e. The van der Waals surface area contributed by atoms with Gasteiger partial charge in [-0.25, -0.2) is 4.98 Å². The smallest absolute Gasteiger partial charge is 0.288 e. The van der Waals surface area contributed by atoms with Gasteiger partial charge in [0.1, 0.15) is 11.3 Å². The minimum atomic E-state index is -0.622.